The molecule has 0 fully saturated rings. The molecular weight excluding hydrogens is 248 g/mol. The van der Waals surface area contributed by atoms with E-state index in [1.54, 1.807) is 0 Å². The summed E-state index contributed by atoms with van der Waals surface area (Å²) < 4.78 is 9.63. The van der Waals surface area contributed by atoms with Crippen molar-refractivity contribution < 1.29 is 4.74 Å². The molecule has 1 aromatic carbocycles. The quantitative estimate of drug-likeness (QED) is 0.655. The summed E-state index contributed by atoms with van der Waals surface area (Å²) in [5.41, 5.74) is 6.83. The van der Waals surface area contributed by atoms with E-state index >= 15 is 0 Å². The number of nitrogens with two attached hydrogens (primary N) is 1. The molecule has 5 nitrogen and oxygen atoms in total. The van der Waals surface area contributed by atoms with Crippen LogP contribution in [0, 0.1) is 20.8 Å². The Morgan fingerprint density at radius 3 is 2.83 bits per heavy atom. The molecule has 3 N–H and O–H groups in total. The van der Waals surface area contributed by atoms with Crippen LogP contribution >= 0.6 is 11.5 Å². The van der Waals surface area contributed by atoms with E-state index in [1.165, 1.54) is 22.7 Å². The molecule has 1 aromatic heterocycles. The van der Waals surface area contributed by atoms with Gasteiger partial charge < -0.3 is 10.2 Å². The molecule has 0 aliphatic heterocycles. The number of aryl methyl sites for hydroxylation is 2. The number of aromatic nitrogens is 2. The monoisotopic (exact) mass is 264 g/mol. The largest absolute Gasteiger partial charge is 0.487 e. The van der Waals surface area contributed by atoms with E-state index in [1.807, 2.05) is 13.0 Å². The lowest BCUT2D eigenvalue weighted by Gasteiger charge is -2.11. The lowest BCUT2D eigenvalue weighted by atomic mass is 10.1. The number of ether oxygens (including phenoxy) is 1. The van der Waals surface area contributed by atoms with Crippen molar-refractivity contribution >= 4 is 16.5 Å². The first-order chi connectivity index (χ1) is 8.61. The van der Waals surface area contributed by atoms with Gasteiger partial charge in [0.1, 0.15) is 18.1 Å². The standard InChI is InChI=1S/C12H16N4OS/c1-7-4-8(2)9(3)11(5-7)17-6-10-12(14-13)18-16-15-10/h4-5,14H,6,13H2,1-3H3. The number of rotatable bonds is 4. The van der Waals surface area contributed by atoms with Crippen LogP contribution in [0.2, 0.25) is 0 Å². The van der Waals surface area contributed by atoms with Crippen molar-refractivity contribution in [1.29, 1.82) is 0 Å². The minimum atomic E-state index is 0.361. The van der Waals surface area contributed by atoms with Crippen LogP contribution in [0.5, 0.6) is 5.75 Å². The molecule has 18 heavy (non-hydrogen) atoms. The Morgan fingerprint density at radius 2 is 2.11 bits per heavy atom. The fraction of sp³-hybridized carbons (Fsp3) is 0.333. The molecule has 2 rings (SSSR count). The normalized spacial score (nSPS) is 10.4. The maximum Gasteiger partial charge on any atom is 0.150 e. The van der Waals surface area contributed by atoms with E-state index in [0.29, 0.717) is 6.61 Å². The smallest absolute Gasteiger partial charge is 0.150 e. The van der Waals surface area contributed by atoms with Crippen LogP contribution in [0.3, 0.4) is 0 Å². The molecule has 0 radical (unpaired) electrons. The highest BCUT2D eigenvalue weighted by atomic mass is 32.1. The first kappa shape index (κ1) is 12.8. The van der Waals surface area contributed by atoms with Gasteiger partial charge in [-0.1, -0.05) is 10.6 Å². The highest BCUT2D eigenvalue weighted by Gasteiger charge is 2.09. The maximum absolute atomic E-state index is 5.79. The molecule has 0 saturated heterocycles. The van der Waals surface area contributed by atoms with Gasteiger partial charge in [0.25, 0.3) is 0 Å². The summed E-state index contributed by atoms with van der Waals surface area (Å²) in [7, 11) is 0. The van der Waals surface area contributed by atoms with E-state index in [-0.39, 0.29) is 0 Å². The van der Waals surface area contributed by atoms with Crippen molar-refractivity contribution in [3.05, 3.63) is 34.5 Å². The van der Waals surface area contributed by atoms with Crippen LogP contribution in [0.1, 0.15) is 22.4 Å². The topological polar surface area (TPSA) is 73.1 Å². The maximum atomic E-state index is 5.79. The van der Waals surface area contributed by atoms with E-state index < -0.39 is 0 Å². The number of nitrogens with zero attached hydrogens (tertiary/aromatic N) is 2. The van der Waals surface area contributed by atoms with Gasteiger partial charge in [0.05, 0.1) is 0 Å². The number of hydrogen-bond donors (Lipinski definition) is 2. The van der Waals surface area contributed by atoms with Crippen LogP contribution < -0.4 is 16.0 Å². The number of nitrogens with one attached hydrogen (secondary N) is 1. The Morgan fingerprint density at radius 1 is 1.33 bits per heavy atom. The van der Waals surface area contributed by atoms with Gasteiger partial charge in [-0.2, -0.15) is 0 Å². The van der Waals surface area contributed by atoms with Gasteiger partial charge in [0, 0.05) is 11.5 Å². The van der Waals surface area contributed by atoms with Gasteiger partial charge in [-0.15, -0.1) is 5.10 Å². The predicted octanol–water partition coefficient (Wildman–Crippen LogP) is 2.33. The minimum absolute atomic E-state index is 0.361. The summed E-state index contributed by atoms with van der Waals surface area (Å²) in [6.45, 7) is 6.54. The highest BCUT2D eigenvalue weighted by molar-refractivity contribution is 7.10. The summed E-state index contributed by atoms with van der Waals surface area (Å²) >= 11 is 1.22. The third-order valence-corrected chi connectivity index (χ3v) is 3.51. The Balaban J connectivity index is 2.16. The van der Waals surface area contributed by atoms with E-state index in [0.717, 1.165) is 22.0 Å². The Labute approximate surface area is 110 Å². The first-order valence-corrected chi connectivity index (χ1v) is 6.37. The van der Waals surface area contributed by atoms with E-state index in [2.05, 4.69) is 34.9 Å². The van der Waals surface area contributed by atoms with Crippen molar-refractivity contribution in [2.45, 2.75) is 27.4 Å². The molecule has 0 unspecified atom stereocenters. The SMILES string of the molecule is Cc1cc(C)c(C)c(OCc2nnsc2NN)c1. The van der Waals surface area contributed by atoms with E-state index in [4.69, 9.17) is 10.6 Å². The molecule has 0 atom stereocenters. The zero-order valence-corrected chi connectivity index (χ0v) is 11.5. The molecular formula is C12H16N4OS. The average molecular weight is 264 g/mol. The average Bonchev–Trinajstić information content (AvgIpc) is 2.79. The second kappa shape index (κ2) is 5.32. The number of anilines is 1. The number of nitrogen functional groups attached to an aromatic ring is 1. The minimum Gasteiger partial charge on any atom is -0.487 e. The highest BCUT2D eigenvalue weighted by Crippen LogP contribution is 2.25. The number of hydrogen-bond acceptors (Lipinski definition) is 6. The van der Waals surface area contributed by atoms with Gasteiger partial charge in [-0.25, -0.2) is 5.84 Å². The van der Waals surface area contributed by atoms with Crippen molar-refractivity contribution in [3.8, 4) is 5.75 Å². The fourth-order valence-electron chi connectivity index (χ4n) is 1.71. The van der Waals surface area contributed by atoms with E-state index in [9.17, 15) is 0 Å². The summed E-state index contributed by atoms with van der Waals surface area (Å²) in [5, 5.41) is 4.71. The van der Waals surface area contributed by atoms with Gasteiger partial charge in [0.15, 0.2) is 5.00 Å². The van der Waals surface area contributed by atoms with Gasteiger partial charge >= 0.3 is 0 Å². The summed E-state index contributed by atoms with van der Waals surface area (Å²) in [5.74, 6) is 6.25. The van der Waals surface area contributed by atoms with Gasteiger partial charge in [0.2, 0.25) is 0 Å². The molecule has 2 aromatic rings. The molecule has 0 spiro atoms. The van der Waals surface area contributed by atoms with Crippen molar-refractivity contribution in [1.82, 2.24) is 9.59 Å². The van der Waals surface area contributed by atoms with Crippen molar-refractivity contribution in [3.63, 3.8) is 0 Å². The molecule has 0 aliphatic rings. The van der Waals surface area contributed by atoms with Crippen LogP contribution in [0.4, 0.5) is 5.00 Å². The molecule has 6 heteroatoms. The Bertz CT molecular complexity index is 553. The van der Waals surface area contributed by atoms with Crippen LogP contribution in [-0.2, 0) is 6.61 Å². The van der Waals surface area contributed by atoms with Crippen LogP contribution in [-0.4, -0.2) is 9.59 Å². The summed E-state index contributed by atoms with van der Waals surface area (Å²) in [6.07, 6.45) is 0. The van der Waals surface area contributed by atoms with Crippen LogP contribution in [0.25, 0.3) is 0 Å². The zero-order chi connectivity index (χ0) is 13.1. The third kappa shape index (κ3) is 2.60. The van der Waals surface area contributed by atoms with Crippen molar-refractivity contribution in [2.75, 3.05) is 5.43 Å². The number of hydrazine groups is 1. The Kier molecular flexibility index (Phi) is 3.78. The molecule has 1 heterocycles. The fourth-order valence-corrected chi connectivity index (χ4v) is 2.19. The first-order valence-electron chi connectivity index (χ1n) is 5.60. The third-order valence-electron chi connectivity index (χ3n) is 2.82. The van der Waals surface area contributed by atoms with Crippen molar-refractivity contribution in [2.24, 2.45) is 5.84 Å². The molecule has 0 saturated carbocycles. The molecule has 0 amide bonds. The van der Waals surface area contributed by atoms with Gasteiger partial charge in [-0.05, 0) is 43.5 Å². The lowest BCUT2D eigenvalue weighted by molar-refractivity contribution is 0.299. The summed E-state index contributed by atoms with van der Waals surface area (Å²) in [6, 6.07) is 4.16. The lowest BCUT2D eigenvalue weighted by Crippen LogP contribution is -2.09. The zero-order valence-electron chi connectivity index (χ0n) is 10.7. The summed E-state index contributed by atoms with van der Waals surface area (Å²) in [4.78, 5) is 0. The molecule has 0 aliphatic carbocycles. The second-order valence-corrected chi connectivity index (χ2v) is 4.94. The van der Waals surface area contributed by atoms with Gasteiger partial charge in [-0.3, -0.25) is 0 Å². The molecule has 0 bridgehead atoms. The second-order valence-electron chi connectivity index (χ2n) is 4.19. The predicted molar refractivity (Wildman–Crippen MR) is 72.7 cm³/mol. The Hall–Kier alpha value is -1.66. The molecule has 96 valence electrons. The number of benzene rings is 1. The van der Waals surface area contributed by atoms with Crippen LogP contribution in [0.15, 0.2) is 12.1 Å².